The number of sulfonamides is 1. The quantitative estimate of drug-likeness (QED) is 0.837. The highest BCUT2D eigenvalue weighted by molar-refractivity contribution is 7.89. The lowest BCUT2D eigenvalue weighted by Crippen LogP contribution is -2.51. The molecule has 0 unspecified atom stereocenters. The molecule has 0 aliphatic carbocycles. The van der Waals surface area contributed by atoms with E-state index in [0.29, 0.717) is 44.0 Å². The van der Waals surface area contributed by atoms with E-state index in [1.807, 2.05) is 26.0 Å². The maximum Gasteiger partial charge on any atom is 0.243 e. The van der Waals surface area contributed by atoms with Crippen LogP contribution in [0.2, 0.25) is 0 Å². The highest BCUT2D eigenvalue weighted by atomic mass is 32.2. The van der Waals surface area contributed by atoms with E-state index in [9.17, 15) is 8.42 Å². The lowest BCUT2D eigenvalue weighted by molar-refractivity contribution is -0.280. The Kier molecular flexibility index (Phi) is 4.29. The van der Waals surface area contributed by atoms with Crippen LogP contribution >= 0.6 is 0 Å². The van der Waals surface area contributed by atoms with Crippen LogP contribution in [0.15, 0.2) is 23.1 Å². The van der Waals surface area contributed by atoms with E-state index in [0.717, 1.165) is 17.5 Å². The van der Waals surface area contributed by atoms with E-state index in [1.54, 1.807) is 10.4 Å². The van der Waals surface area contributed by atoms with Gasteiger partial charge in [-0.15, -0.1) is 0 Å². The first kappa shape index (κ1) is 15.9. The average molecular weight is 325 g/mol. The number of piperidine rings is 1. The van der Waals surface area contributed by atoms with Crippen molar-refractivity contribution in [2.45, 2.75) is 43.8 Å². The maximum atomic E-state index is 12.8. The van der Waals surface area contributed by atoms with Gasteiger partial charge in [0.2, 0.25) is 10.0 Å². The van der Waals surface area contributed by atoms with Crippen molar-refractivity contribution < 1.29 is 17.9 Å². The van der Waals surface area contributed by atoms with Crippen LogP contribution in [-0.2, 0) is 19.5 Å². The standard InChI is InChI=1S/C16H23NO4S/c1-13-4-5-15(14(2)12-13)22(18,19)17-8-6-16(7-9-17)20-10-3-11-21-16/h4-5,12H,3,6-11H2,1-2H3. The summed E-state index contributed by atoms with van der Waals surface area (Å²) in [5.74, 6) is -0.563. The molecule has 2 fully saturated rings. The molecule has 1 aromatic rings. The predicted octanol–water partition coefficient (Wildman–Crippen LogP) is 2.22. The molecule has 0 saturated carbocycles. The topological polar surface area (TPSA) is 55.8 Å². The fraction of sp³-hybridized carbons (Fsp3) is 0.625. The van der Waals surface area contributed by atoms with Crippen molar-refractivity contribution in [3.05, 3.63) is 29.3 Å². The van der Waals surface area contributed by atoms with Crippen LogP contribution in [0.25, 0.3) is 0 Å². The second kappa shape index (κ2) is 5.92. The average Bonchev–Trinajstić information content (AvgIpc) is 2.48. The van der Waals surface area contributed by atoms with Crippen molar-refractivity contribution in [2.75, 3.05) is 26.3 Å². The summed E-state index contributed by atoms with van der Waals surface area (Å²) in [5, 5.41) is 0. The van der Waals surface area contributed by atoms with Gasteiger partial charge in [-0.3, -0.25) is 0 Å². The highest BCUT2D eigenvalue weighted by Crippen LogP contribution is 2.33. The lowest BCUT2D eigenvalue weighted by Gasteiger charge is -2.42. The molecule has 2 saturated heterocycles. The summed E-state index contributed by atoms with van der Waals surface area (Å²) in [6.07, 6.45) is 2.10. The molecule has 2 heterocycles. The minimum Gasteiger partial charge on any atom is -0.350 e. The Morgan fingerprint density at radius 1 is 1.09 bits per heavy atom. The Morgan fingerprint density at radius 3 is 2.32 bits per heavy atom. The molecule has 122 valence electrons. The van der Waals surface area contributed by atoms with E-state index < -0.39 is 15.8 Å². The van der Waals surface area contributed by atoms with Gasteiger partial charge in [0, 0.05) is 25.9 Å². The molecule has 0 N–H and O–H groups in total. The van der Waals surface area contributed by atoms with Crippen molar-refractivity contribution in [3.63, 3.8) is 0 Å². The van der Waals surface area contributed by atoms with Gasteiger partial charge in [-0.1, -0.05) is 17.7 Å². The Morgan fingerprint density at radius 2 is 1.73 bits per heavy atom. The van der Waals surface area contributed by atoms with Crippen LogP contribution in [0.5, 0.6) is 0 Å². The van der Waals surface area contributed by atoms with Crippen molar-refractivity contribution in [3.8, 4) is 0 Å². The lowest BCUT2D eigenvalue weighted by atomic mass is 10.0. The number of aryl methyl sites for hydroxylation is 2. The third-order valence-electron chi connectivity index (χ3n) is 4.45. The summed E-state index contributed by atoms with van der Waals surface area (Å²) < 4.78 is 38.8. The van der Waals surface area contributed by atoms with Crippen molar-refractivity contribution in [1.29, 1.82) is 0 Å². The van der Waals surface area contributed by atoms with Gasteiger partial charge in [0.15, 0.2) is 5.79 Å². The van der Waals surface area contributed by atoms with E-state index in [2.05, 4.69) is 0 Å². The zero-order chi connectivity index (χ0) is 15.8. The molecule has 0 amide bonds. The molecule has 0 bridgehead atoms. The predicted molar refractivity (Wildman–Crippen MR) is 83.2 cm³/mol. The molecule has 1 aromatic carbocycles. The smallest absolute Gasteiger partial charge is 0.243 e. The Bertz CT molecular complexity index is 640. The van der Waals surface area contributed by atoms with Gasteiger partial charge in [0.25, 0.3) is 0 Å². The van der Waals surface area contributed by atoms with Crippen LogP contribution in [0.1, 0.15) is 30.4 Å². The van der Waals surface area contributed by atoms with Crippen LogP contribution in [-0.4, -0.2) is 44.8 Å². The van der Waals surface area contributed by atoms with Gasteiger partial charge in [0.05, 0.1) is 18.1 Å². The Labute approximate surface area is 132 Å². The minimum absolute atomic E-state index is 0.402. The molecule has 3 rings (SSSR count). The van der Waals surface area contributed by atoms with Gasteiger partial charge in [-0.25, -0.2) is 8.42 Å². The fourth-order valence-electron chi connectivity index (χ4n) is 3.20. The van der Waals surface area contributed by atoms with Crippen molar-refractivity contribution in [1.82, 2.24) is 4.31 Å². The normalized spacial score (nSPS) is 22.8. The summed E-state index contributed by atoms with van der Waals surface area (Å²) in [7, 11) is -3.44. The second-order valence-corrected chi connectivity index (χ2v) is 8.04. The first-order valence-corrected chi connectivity index (χ1v) is 9.22. The Hall–Kier alpha value is -0.950. The molecule has 5 nitrogen and oxygen atoms in total. The maximum absolute atomic E-state index is 12.8. The van der Waals surface area contributed by atoms with E-state index >= 15 is 0 Å². The number of rotatable bonds is 2. The zero-order valence-corrected chi connectivity index (χ0v) is 14.0. The minimum atomic E-state index is -3.44. The molecule has 22 heavy (non-hydrogen) atoms. The Balaban J connectivity index is 1.77. The van der Waals surface area contributed by atoms with Crippen LogP contribution in [0.4, 0.5) is 0 Å². The molecular formula is C16H23NO4S. The van der Waals surface area contributed by atoms with Crippen molar-refractivity contribution >= 4 is 10.0 Å². The first-order chi connectivity index (χ1) is 10.4. The molecule has 0 radical (unpaired) electrons. The monoisotopic (exact) mass is 325 g/mol. The number of benzene rings is 1. The second-order valence-electron chi connectivity index (χ2n) is 6.13. The van der Waals surface area contributed by atoms with E-state index in [-0.39, 0.29) is 0 Å². The zero-order valence-electron chi connectivity index (χ0n) is 13.2. The van der Waals surface area contributed by atoms with E-state index in [4.69, 9.17) is 9.47 Å². The summed E-state index contributed by atoms with van der Waals surface area (Å²) in [6, 6.07) is 5.46. The molecule has 0 aromatic heterocycles. The van der Waals surface area contributed by atoms with Gasteiger partial charge in [-0.2, -0.15) is 4.31 Å². The molecule has 2 aliphatic heterocycles. The molecular weight excluding hydrogens is 302 g/mol. The number of hydrogen-bond donors (Lipinski definition) is 0. The molecule has 0 atom stereocenters. The first-order valence-electron chi connectivity index (χ1n) is 7.78. The fourth-order valence-corrected chi connectivity index (χ4v) is 4.85. The number of hydrogen-bond acceptors (Lipinski definition) is 4. The molecule has 6 heteroatoms. The van der Waals surface area contributed by atoms with Crippen LogP contribution < -0.4 is 0 Å². The van der Waals surface area contributed by atoms with Gasteiger partial charge >= 0.3 is 0 Å². The summed E-state index contributed by atoms with van der Waals surface area (Å²) in [5.41, 5.74) is 1.86. The largest absolute Gasteiger partial charge is 0.350 e. The third-order valence-corrected chi connectivity index (χ3v) is 6.51. The summed E-state index contributed by atoms with van der Waals surface area (Å²) in [6.45, 7) is 6.09. The van der Waals surface area contributed by atoms with E-state index in [1.165, 1.54) is 0 Å². The summed E-state index contributed by atoms with van der Waals surface area (Å²) >= 11 is 0. The van der Waals surface area contributed by atoms with Gasteiger partial charge in [-0.05, 0) is 31.9 Å². The number of nitrogens with zero attached hydrogens (tertiary/aromatic N) is 1. The SMILES string of the molecule is Cc1ccc(S(=O)(=O)N2CCC3(CC2)OCCCO3)c(C)c1. The third kappa shape index (κ3) is 2.93. The summed E-state index contributed by atoms with van der Waals surface area (Å²) in [4.78, 5) is 0.402. The molecule has 2 aliphatic rings. The molecule has 1 spiro atoms. The van der Waals surface area contributed by atoms with Gasteiger partial charge < -0.3 is 9.47 Å². The van der Waals surface area contributed by atoms with Crippen LogP contribution in [0.3, 0.4) is 0 Å². The van der Waals surface area contributed by atoms with Crippen molar-refractivity contribution in [2.24, 2.45) is 0 Å². The highest BCUT2D eigenvalue weighted by Gasteiger charge is 2.41. The van der Waals surface area contributed by atoms with Crippen LogP contribution in [0, 0.1) is 13.8 Å². The number of ether oxygens (including phenoxy) is 2. The van der Waals surface area contributed by atoms with Gasteiger partial charge in [0.1, 0.15) is 0 Å².